The molecule has 6 heteroatoms. The van der Waals surface area contributed by atoms with Crippen LogP contribution < -0.4 is 0 Å². The van der Waals surface area contributed by atoms with Crippen molar-refractivity contribution >= 4 is 11.9 Å². The lowest BCUT2D eigenvalue weighted by molar-refractivity contribution is -0.136. The molecule has 22 heavy (non-hydrogen) atoms. The first-order valence-electron chi connectivity index (χ1n) is 7.90. The molecular weight excluding hydrogens is 286 g/mol. The molecule has 0 bridgehead atoms. The van der Waals surface area contributed by atoms with Crippen molar-refractivity contribution in [2.75, 3.05) is 32.8 Å². The van der Waals surface area contributed by atoms with Crippen LogP contribution in [0.2, 0.25) is 0 Å². The minimum atomic E-state index is -1.11. The number of carbonyl (C=O) groups is 2. The topological polar surface area (TPSA) is 87.1 Å². The predicted octanol–water partition coefficient (Wildman–Crippen LogP) is 2.00. The third-order valence-corrected chi connectivity index (χ3v) is 3.75. The van der Waals surface area contributed by atoms with Gasteiger partial charge >= 0.3 is 11.9 Å². The predicted molar refractivity (Wildman–Crippen MR) is 82.9 cm³/mol. The molecule has 0 saturated carbocycles. The molecule has 6 nitrogen and oxygen atoms in total. The minimum absolute atomic E-state index is 0.0499. The average Bonchev–Trinajstić information content (AvgIpc) is 2.45. The Morgan fingerprint density at radius 3 is 2.14 bits per heavy atom. The molecule has 1 aliphatic rings. The first kappa shape index (κ1) is 18.6. The van der Waals surface area contributed by atoms with Gasteiger partial charge in [0.05, 0.1) is 13.2 Å². The summed E-state index contributed by atoms with van der Waals surface area (Å²) < 4.78 is 5.28. The van der Waals surface area contributed by atoms with E-state index >= 15 is 0 Å². The summed E-state index contributed by atoms with van der Waals surface area (Å²) in [6.07, 6.45) is 2.16. The van der Waals surface area contributed by atoms with Crippen LogP contribution in [0.1, 0.15) is 39.5 Å². The lowest BCUT2D eigenvalue weighted by Crippen LogP contribution is -2.36. The fraction of sp³-hybridized carbons (Fsp3) is 0.750. The fourth-order valence-electron chi connectivity index (χ4n) is 2.60. The number of unbranched alkanes of at least 4 members (excludes halogenated alkanes) is 1. The van der Waals surface area contributed by atoms with E-state index in [1.807, 2.05) is 13.8 Å². The van der Waals surface area contributed by atoms with E-state index in [-0.39, 0.29) is 17.1 Å². The van der Waals surface area contributed by atoms with Crippen molar-refractivity contribution in [1.82, 2.24) is 4.90 Å². The summed E-state index contributed by atoms with van der Waals surface area (Å²) >= 11 is 0. The largest absolute Gasteiger partial charge is 0.478 e. The van der Waals surface area contributed by atoms with E-state index in [4.69, 9.17) is 4.74 Å². The van der Waals surface area contributed by atoms with Crippen molar-refractivity contribution < 1.29 is 24.5 Å². The van der Waals surface area contributed by atoms with Crippen molar-refractivity contribution in [3.05, 3.63) is 11.1 Å². The van der Waals surface area contributed by atoms with E-state index in [0.717, 1.165) is 39.3 Å². The van der Waals surface area contributed by atoms with Crippen LogP contribution in [-0.4, -0.2) is 59.9 Å². The first-order valence-corrected chi connectivity index (χ1v) is 7.90. The molecule has 1 heterocycles. The highest BCUT2D eigenvalue weighted by Gasteiger charge is 2.20. The number of carboxylic acids is 2. The van der Waals surface area contributed by atoms with E-state index in [9.17, 15) is 19.8 Å². The Balaban J connectivity index is 2.55. The second-order valence-corrected chi connectivity index (χ2v) is 6.08. The van der Waals surface area contributed by atoms with Crippen molar-refractivity contribution in [1.29, 1.82) is 0 Å². The van der Waals surface area contributed by atoms with Crippen molar-refractivity contribution in [3.8, 4) is 0 Å². The average molecular weight is 313 g/mol. The van der Waals surface area contributed by atoms with Gasteiger partial charge in [0.25, 0.3) is 0 Å². The van der Waals surface area contributed by atoms with E-state index < -0.39 is 11.9 Å². The van der Waals surface area contributed by atoms with Crippen LogP contribution in [0.5, 0.6) is 0 Å². The number of aliphatic carboxylic acids is 2. The number of carboxylic acid groups (broad SMARTS) is 2. The number of hydrogen-bond donors (Lipinski definition) is 2. The van der Waals surface area contributed by atoms with Gasteiger partial charge < -0.3 is 14.9 Å². The van der Waals surface area contributed by atoms with Crippen LogP contribution in [0, 0.1) is 5.92 Å². The Morgan fingerprint density at radius 1 is 1.05 bits per heavy atom. The van der Waals surface area contributed by atoms with E-state index in [0.29, 0.717) is 19.3 Å². The van der Waals surface area contributed by atoms with Gasteiger partial charge in [-0.15, -0.1) is 0 Å². The molecule has 0 aromatic carbocycles. The van der Waals surface area contributed by atoms with Crippen molar-refractivity contribution in [3.63, 3.8) is 0 Å². The first-order chi connectivity index (χ1) is 10.4. The molecule has 2 N–H and O–H groups in total. The third kappa shape index (κ3) is 6.58. The van der Waals surface area contributed by atoms with Gasteiger partial charge in [-0.3, -0.25) is 4.90 Å². The summed E-state index contributed by atoms with van der Waals surface area (Å²) in [5.41, 5.74) is 0.108. The fourth-order valence-corrected chi connectivity index (χ4v) is 2.60. The molecule has 0 amide bonds. The summed E-state index contributed by atoms with van der Waals surface area (Å²) in [4.78, 5) is 25.0. The standard InChI is InChI=1S/C16H27NO5/c1-12(2)11-14(16(20)21)13(15(18)19)5-3-4-6-17-7-9-22-10-8-17/h12H,3-11H2,1-2H3,(H,18,19)(H,20,21). The molecule has 0 aliphatic carbocycles. The molecule has 1 rings (SSSR count). The zero-order valence-electron chi connectivity index (χ0n) is 13.5. The number of rotatable bonds is 9. The lowest BCUT2D eigenvalue weighted by Gasteiger charge is -2.26. The highest BCUT2D eigenvalue weighted by atomic mass is 16.5. The van der Waals surface area contributed by atoms with Crippen LogP contribution in [-0.2, 0) is 14.3 Å². The van der Waals surface area contributed by atoms with Gasteiger partial charge in [-0.1, -0.05) is 13.8 Å². The molecule has 0 atom stereocenters. The molecule has 126 valence electrons. The molecule has 0 spiro atoms. The van der Waals surface area contributed by atoms with Crippen LogP contribution in [0.25, 0.3) is 0 Å². The summed E-state index contributed by atoms with van der Waals surface area (Å²) in [6, 6.07) is 0. The van der Waals surface area contributed by atoms with Crippen LogP contribution >= 0.6 is 0 Å². The van der Waals surface area contributed by atoms with Gasteiger partial charge in [0, 0.05) is 24.2 Å². The van der Waals surface area contributed by atoms with Gasteiger partial charge in [0.15, 0.2) is 0 Å². The number of hydrogen-bond acceptors (Lipinski definition) is 4. The summed E-state index contributed by atoms with van der Waals surface area (Å²) in [5.74, 6) is -2.10. The third-order valence-electron chi connectivity index (χ3n) is 3.75. The number of nitrogens with zero attached hydrogens (tertiary/aromatic N) is 1. The highest BCUT2D eigenvalue weighted by molar-refractivity contribution is 5.98. The summed E-state index contributed by atoms with van der Waals surface area (Å²) in [7, 11) is 0. The van der Waals surface area contributed by atoms with E-state index in [1.54, 1.807) is 0 Å². The van der Waals surface area contributed by atoms with Gasteiger partial charge in [-0.05, 0) is 38.1 Å². The molecule has 1 saturated heterocycles. The van der Waals surface area contributed by atoms with Gasteiger partial charge in [0.2, 0.25) is 0 Å². The molecule has 0 aromatic rings. The molecule has 0 radical (unpaired) electrons. The van der Waals surface area contributed by atoms with Crippen LogP contribution in [0.15, 0.2) is 11.1 Å². The molecule has 1 aliphatic heterocycles. The Morgan fingerprint density at radius 2 is 1.64 bits per heavy atom. The molecule has 0 aromatic heterocycles. The SMILES string of the molecule is CC(C)CC(C(=O)O)=C(CCCCN1CCOCC1)C(=O)O. The Labute approximate surface area is 131 Å². The highest BCUT2D eigenvalue weighted by Crippen LogP contribution is 2.20. The molecular formula is C16H27NO5. The molecule has 0 unspecified atom stereocenters. The Bertz CT molecular complexity index is 411. The van der Waals surface area contributed by atoms with Gasteiger partial charge in [0.1, 0.15) is 0 Å². The monoisotopic (exact) mass is 313 g/mol. The minimum Gasteiger partial charge on any atom is -0.478 e. The van der Waals surface area contributed by atoms with Crippen molar-refractivity contribution in [2.24, 2.45) is 5.92 Å². The summed E-state index contributed by atoms with van der Waals surface area (Å²) in [5, 5.41) is 18.6. The number of ether oxygens (including phenoxy) is 1. The van der Waals surface area contributed by atoms with Crippen molar-refractivity contribution in [2.45, 2.75) is 39.5 Å². The van der Waals surface area contributed by atoms with Crippen LogP contribution in [0.4, 0.5) is 0 Å². The second kappa shape index (κ2) is 9.58. The zero-order chi connectivity index (χ0) is 16.5. The summed E-state index contributed by atoms with van der Waals surface area (Å²) in [6.45, 7) is 8.00. The Kier molecular flexibility index (Phi) is 8.12. The van der Waals surface area contributed by atoms with Gasteiger partial charge in [-0.2, -0.15) is 0 Å². The Hall–Kier alpha value is -1.40. The van der Waals surface area contributed by atoms with Crippen LogP contribution in [0.3, 0.4) is 0 Å². The quantitative estimate of drug-likeness (QED) is 0.500. The maximum Gasteiger partial charge on any atom is 0.332 e. The lowest BCUT2D eigenvalue weighted by atomic mass is 9.95. The maximum absolute atomic E-state index is 11.4. The smallest absolute Gasteiger partial charge is 0.332 e. The van der Waals surface area contributed by atoms with E-state index in [1.165, 1.54) is 0 Å². The second-order valence-electron chi connectivity index (χ2n) is 6.08. The molecule has 1 fully saturated rings. The van der Waals surface area contributed by atoms with Gasteiger partial charge in [-0.25, -0.2) is 9.59 Å². The number of morpholine rings is 1. The maximum atomic E-state index is 11.4. The normalized spacial score (nSPS) is 17.4. The van der Waals surface area contributed by atoms with E-state index in [2.05, 4.69) is 4.90 Å². The zero-order valence-corrected chi connectivity index (χ0v) is 13.5.